The van der Waals surface area contributed by atoms with Crippen molar-refractivity contribution in [3.63, 3.8) is 0 Å². The van der Waals surface area contributed by atoms with Crippen LogP contribution in [0.5, 0.6) is 0 Å². The minimum absolute atomic E-state index is 0.0801. The topological polar surface area (TPSA) is 55.6 Å². The quantitative estimate of drug-likeness (QED) is 0.846. The second-order valence-electron chi connectivity index (χ2n) is 4.72. The van der Waals surface area contributed by atoms with Gasteiger partial charge in [-0.05, 0) is 17.2 Å². The second-order valence-corrected chi connectivity index (χ2v) is 4.72. The van der Waals surface area contributed by atoms with Crippen molar-refractivity contribution in [2.45, 2.75) is 18.6 Å². The van der Waals surface area contributed by atoms with Crippen LogP contribution in [0.25, 0.3) is 0 Å². The number of anilines is 1. The Morgan fingerprint density at radius 1 is 1.50 bits per heavy atom. The fourth-order valence-corrected chi connectivity index (χ4v) is 2.39. The van der Waals surface area contributed by atoms with Crippen LogP contribution in [-0.2, 0) is 16.1 Å². The lowest BCUT2D eigenvalue weighted by atomic mass is 9.88. The first-order valence-corrected chi connectivity index (χ1v) is 6.05. The molecule has 0 radical (unpaired) electrons. The van der Waals surface area contributed by atoms with Crippen LogP contribution in [0.2, 0.25) is 0 Å². The fourth-order valence-electron chi connectivity index (χ4n) is 2.39. The predicted molar refractivity (Wildman–Crippen MR) is 66.9 cm³/mol. The van der Waals surface area contributed by atoms with Crippen molar-refractivity contribution in [2.24, 2.45) is 0 Å². The van der Waals surface area contributed by atoms with Gasteiger partial charge in [0.1, 0.15) is 6.61 Å². The Morgan fingerprint density at radius 3 is 2.80 bits per heavy atom. The van der Waals surface area contributed by atoms with Gasteiger partial charge < -0.3 is 15.4 Å². The molecule has 7 heteroatoms. The van der Waals surface area contributed by atoms with Crippen molar-refractivity contribution in [1.82, 2.24) is 4.90 Å². The van der Waals surface area contributed by atoms with Crippen LogP contribution in [0.15, 0.2) is 18.2 Å². The number of nitrogen functional groups attached to an aromatic ring is 1. The number of methoxy groups -OCH3 is 1. The highest BCUT2D eigenvalue weighted by Gasteiger charge is 2.45. The SMILES string of the molecule is COCC(=O)N1Cc2c(N)cccc2C(C(F)(F)F)C1. The lowest BCUT2D eigenvalue weighted by molar-refractivity contribution is -0.162. The van der Waals surface area contributed by atoms with Gasteiger partial charge in [-0.1, -0.05) is 12.1 Å². The number of hydrogen-bond acceptors (Lipinski definition) is 3. The molecule has 110 valence electrons. The summed E-state index contributed by atoms with van der Waals surface area (Å²) in [7, 11) is 1.32. The highest BCUT2D eigenvalue weighted by Crippen LogP contribution is 2.41. The molecule has 0 bridgehead atoms. The highest BCUT2D eigenvalue weighted by atomic mass is 19.4. The molecular weight excluding hydrogens is 273 g/mol. The molecule has 1 aromatic rings. The summed E-state index contributed by atoms with van der Waals surface area (Å²) in [6, 6.07) is 4.46. The number of carbonyl (C=O) groups excluding carboxylic acids is 1. The summed E-state index contributed by atoms with van der Waals surface area (Å²) in [4.78, 5) is 12.9. The van der Waals surface area contributed by atoms with E-state index in [1.165, 1.54) is 25.3 Å². The summed E-state index contributed by atoms with van der Waals surface area (Å²) >= 11 is 0. The maximum Gasteiger partial charge on any atom is 0.397 e. The third-order valence-electron chi connectivity index (χ3n) is 3.39. The molecule has 1 atom stereocenters. The van der Waals surface area contributed by atoms with Gasteiger partial charge in [0.25, 0.3) is 0 Å². The maximum absolute atomic E-state index is 13.2. The van der Waals surface area contributed by atoms with Gasteiger partial charge in [-0.3, -0.25) is 4.79 Å². The van der Waals surface area contributed by atoms with Gasteiger partial charge in [0.2, 0.25) is 5.91 Å². The van der Waals surface area contributed by atoms with Crippen molar-refractivity contribution < 1.29 is 22.7 Å². The summed E-state index contributed by atoms with van der Waals surface area (Å²) in [6.07, 6.45) is -4.42. The van der Waals surface area contributed by atoms with E-state index in [9.17, 15) is 18.0 Å². The molecule has 1 aromatic carbocycles. The Bertz CT molecular complexity index is 517. The van der Waals surface area contributed by atoms with E-state index < -0.39 is 24.5 Å². The highest BCUT2D eigenvalue weighted by molar-refractivity contribution is 5.78. The van der Waals surface area contributed by atoms with Gasteiger partial charge in [0.15, 0.2) is 0 Å². The Hall–Kier alpha value is -1.76. The Morgan fingerprint density at radius 2 is 2.20 bits per heavy atom. The number of fused-ring (bicyclic) bond motifs is 1. The summed E-state index contributed by atoms with van der Waals surface area (Å²) in [5, 5.41) is 0. The van der Waals surface area contributed by atoms with E-state index in [2.05, 4.69) is 0 Å². The van der Waals surface area contributed by atoms with E-state index in [1.807, 2.05) is 0 Å². The zero-order valence-corrected chi connectivity index (χ0v) is 10.9. The maximum atomic E-state index is 13.2. The van der Waals surface area contributed by atoms with Crippen LogP contribution in [0.4, 0.5) is 18.9 Å². The number of ether oxygens (including phenoxy) is 1. The van der Waals surface area contributed by atoms with Crippen molar-refractivity contribution in [3.05, 3.63) is 29.3 Å². The lowest BCUT2D eigenvalue weighted by Crippen LogP contribution is -2.44. The number of rotatable bonds is 2. The summed E-state index contributed by atoms with van der Waals surface area (Å²) < 4.78 is 44.2. The van der Waals surface area contributed by atoms with E-state index >= 15 is 0 Å². The molecule has 0 fully saturated rings. The van der Waals surface area contributed by atoms with Gasteiger partial charge in [-0.15, -0.1) is 0 Å². The van der Waals surface area contributed by atoms with Crippen LogP contribution in [-0.4, -0.2) is 37.2 Å². The number of carbonyl (C=O) groups is 1. The molecule has 1 aliphatic rings. The van der Waals surface area contributed by atoms with Crippen LogP contribution < -0.4 is 5.73 Å². The average Bonchev–Trinajstić information content (AvgIpc) is 2.37. The van der Waals surface area contributed by atoms with Crippen molar-refractivity contribution in [1.29, 1.82) is 0 Å². The molecule has 1 unspecified atom stereocenters. The third-order valence-corrected chi connectivity index (χ3v) is 3.39. The Labute approximate surface area is 114 Å². The first-order valence-electron chi connectivity index (χ1n) is 6.05. The zero-order chi connectivity index (χ0) is 14.9. The molecule has 1 amide bonds. The van der Waals surface area contributed by atoms with E-state index in [0.717, 1.165) is 4.90 Å². The molecule has 0 saturated heterocycles. The van der Waals surface area contributed by atoms with Gasteiger partial charge in [0.05, 0.1) is 5.92 Å². The number of benzene rings is 1. The summed E-state index contributed by atoms with van der Waals surface area (Å²) in [6.45, 7) is -0.564. The number of amides is 1. The largest absolute Gasteiger partial charge is 0.398 e. The van der Waals surface area contributed by atoms with Crippen molar-refractivity contribution in [3.8, 4) is 0 Å². The monoisotopic (exact) mass is 288 g/mol. The zero-order valence-electron chi connectivity index (χ0n) is 10.9. The van der Waals surface area contributed by atoms with E-state index in [4.69, 9.17) is 10.5 Å². The molecular formula is C13H15F3N2O2. The molecule has 2 rings (SSSR count). The molecule has 1 aliphatic heterocycles. The Balaban J connectivity index is 2.40. The number of nitrogens with two attached hydrogens (primary N) is 1. The van der Waals surface area contributed by atoms with Gasteiger partial charge >= 0.3 is 6.18 Å². The summed E-state index contributed by atoms with van der Waals surface area (Å²) in [5.74, 6) is -2.19. The molecule has 2 N–H and O–H groups in total. The normalized spacial score (nSPS) is 18.8. The molecule has 0 aliphatic carbocycles. The molecule has 1 heterocycles. The number of halogens is 3. The van der Waals surface area contributed by atoms with Crippen LogP contribution in [0.3, 0.4) is 0 Å². The van der Waals surface area contributed by atoms with E-state index in [-0.39, 0.29) is 24.4 Å². The molecule has 4 nitrogen and oxygen atoms in total. The number of hydrogen-bond donors (Lipinski definition) is 1. The van der Waals surface area contributed by atoms with E-state index in [1.54, 1.807) is 0 Å². The molecule has 20 heavy (non-hydrogen) atoms. The molecule has 0 aromatic heterocycles. The van der Waals surface area contributed by atoms with Crippen molar-refractivity contribution >= 4 is 11.6 Å². The second kappa shape index (κ2) is 5.32. The summed E-state index contributed by atoms with van der Waals surface area (Å²) in [5.41, 5.74) is 6.53. The minimum Gasteiger partial charge on any atom is -0.398 e. The Kier molecular flexibility index (Phi) is 3.89. The van der Waals surface area contributed by atoms with Crippen molar-refractivity contribution in [2.75, 3.05) is 26.0 Å². The number of nitrogens with zero attached hydrogens (tertiary/aromatic N) is 1. The van der Waals surface area contributed by atoms with Gasteiger partial charge in [-0.25, -0.2) is 0 Å². The van der Waals surface area contributed by atoms with Crippen LogP contribution in [0, 0.1) is 0 Å². The molecule has 0 saturated carbocycles. The van der Waals surface area contributed by atoms with Crippen LogP contribution >= 0.6 is 0 Å². The first-order chi connectivity index (χ1) is 9.34. The number of alkyl halides is 3. The minimum atomic E-state index is -4.42. The lowest BCUT2D eigenvalue weighted by Gasteiger charge is -2.36. The predicted octanol–water partition coefficient (Wildman–Crippen LogP) is 1.90. The van der Waals surface area contributed by atoms with Gasteiger partial charge in [-0.2, -0.15) is 13.2 Å². The standard InChI is InChI=1S/C13H15F3N2O2/c1-20-7-12(19)18-5-9-8(3-2-4-11(9)17)10(6-18)13(14,15)16/h2-4,10H,5-7,17H2,1H3. The fraction of sp³-hybridized carbons (Fsp3) is 0.462. The first kappa shape index (κ1) is 14.6. The third kappa shape index (κ3) is 2.72. The van der Waals surface area contributed by atoms with Gasteiger partial charge in [0, 0.05) is 25.9 Å². The average molecular weight is 288 g/mol. The smallest absolute Gasteiger partial charge is 0.397 e. The van der Waals surface area contributed by atoms with Crippen LogP contribution in [0.1, 0.15) is 17.0 Å². The molecule has 0 spiro atoms. The van der Waals surface area contributed by atoms with E-state index in [0.29, 0.717) is 5.56 Å².